The van der Waals surface area contributed by atoms with E-state index in [1.807, 2.05) is 6.92 Å². The summed E-state index contributed by atoms with van der Waals surface area (Å²) >= 11 is 0. The van der Waals surface area contributed by atoms with Crippen molar-refractivity contribution < 1.29 is 19.4 Å². The van der Waals surface area contributed by atoms with Gasteiger partial charge >= 0.3 is 11.9 Å². The first-order valence-corrected chi connectivity index (χ1v) is 12.6. The van der Waals surface area contributed by atoms with Crippen molar-refractivity contribution in [1.82, 2.24) is 0 Å². The Bertz CT molecular complexity index is 572. The summed E-state index contributed by atoms with van der Waals surface area (Å²) in [6.07, 6.45) is 30.5. The molecule has 0 amide bonds. The van der Waals surface area contributed by atoms with Crippen LogP contribution < -0.4 is 0 Å². The van der Waals surface area contributed by atoms with Gasteiger partial charge in [0.05, 0.1) is 0 Å². The normalized spacial score (nSPS) is 13.1. The number of aliphatic carboxylic acids is 1. The summed E-state index contributed by atoms with van der Waals surface area (Å²) in [5.41, 5.74) is 0. The van der Waals surface area contributed by atoms with E-state index in [4.69, 9.17) is 9.84 Å². The van der Waals surface area contributed by atoms with Crippen molar-refractivity contribution >= 4 is 11.9 Å². The van der Waals surface area contributed by atoms with Gasteiger partial charge in [0.15, 0.2) is 0 Å². The van der Waals surface area contributed by atoms with Gasteiger partial charge in [-0.3, -0.25) is 9.59 Å². The van der Waals surface area contributed by atoms with Gasteiger partial charge in [-0.2, -0.15) is 0 Å². The lowest BCUT2D eigenvalue weighted by Gasteiger charge is -2.17. The van der Waals surface area contributed by atoms with Gasteiger partial charge in [-0.1, -0.05) is 81.7 Å². The molecule has 1 atom stereocenters. The molecule has 0 bridgehead atoms. The Morgan fingerprint density at radius 3 is 1.88 bits per heavy atom. The summed E-state index contributed by atoms with van der Waals surface area (Å²) in [5.74, 6) is -0.812. The summed E-state index contributed by atoms with van der Waals surface area (Å²) in [5, 5.41) is 8.67. The van der Waals surface area contributed by atoms with Gasteiger partial charge in [-0.25, -0.2) is 0 Å². The highest BCUT2D eigenvalue weighted by Crippen LogP contribution is 2.16. The molecule has 0 aliphatic rings. The van der Waals surface area contributed by atoms with E-state index < -0.39 is 5.97 Å². The molecule has 0 saturated carbocycles. The Kier molecular flexibility index (Phi) is 22.0. The molecule has 0 saturated heterocycles. The number of allylic oxidation sites excluding steroid dienone is 8. The molecular formula is C28H46O4. The smallest absolute Gasteiger partial charge is 0.306 e. The van der Waals surface area contributed by atoms with E-state index in [9.17, 15) is 9.59 Å². The van der Waals surface area contributed by atoms with Gasteiger partial charge in [0.2, 0.25) is 0 Å². The topological polar surface area (TPSA) is 63.6 Å². The molecule has 0 spiro atoms. The number of hydrogen-bond acceptors (Lipinski definition) is 3. The second kappa shape index (κ2) is 23.6. The minimum atomic E-state index is -0.719. The molecule has 32 heavy (non-hydrogen) atoms. The molecule has 1 unspecified atom stereocenters. The van der Waals surface area contributed by atoms with Crippen LogP contribution in [0.4, 0.5) is 0 Å². The molecule has 0 aromatic heterocycles. The first-order valence-electron chi connectivity index (χ1n) is 12.6. The fourth-order valence-electron chi connectivity index (χ4n) is 3.27. The van der Waals surface area contributed by atoms with Crippen LogP contribution in [0.15, 0.2) is 48.6 Å². The maximum atomic E-state index is 11.9. The molecule has 0 heterocycles. The first-order chi connectivity index (χ1) is 15.6. The van der Waals surface area contributed by atoms with E-state index in [-0.39, 0.29) is 18.5 Å². The van der Waals surface area contributed by atoms with Crippen LogP contribution in [0, 0.1) is 0 Å². The average Bonchev–Trinajstić information content (AvgIpc) is 2.76. The maximum absolute atomic E-state index is 11.9. The molecule has 1 N–H and O–H groups in total. The second-order valence-electron chi connectivity index (χ2n) is 8.14. The lowest BCUT2D eigenvalue weighted by atomic mass is 10.0. The predicted molar refractivity (Wildman–Crippen MR) is 135 cm³/mol. The van der Waals surface area contributed by atoms with Gasteiger partial charge in [0.25, 0.3) is 0 Å². The van der Waals surface area contributed by atoms with Crippen molar-refractivity contribution in [2.75, 3.05) is 0 Å². The van der Waals surface area contributed by atoms with Crippen LogP contribution in [0.25, 0.3) is 0 Å². The summed E-state index contributed by atoms with van der Waals surface area (Å²) in [7, 11) is 0. The Hall–Kier alpha value is -2.10. The molecule has 4 nitrogen and oxygen atoms in total. The van der Waals surface area contributed by atoms with Crippen LogP contribution in [-0.2, 0) is 14.3 Å². The highest BCUT2D eigenvalue weighted by molar-refractivity contribution is 5.69. The number of carboxylic acid groups (broad SMARTS) is 1. The summed E-state index contributed by atoms with van der Waals surface area (Å²) in [6, 6.07) is 0. The zero-order valence-corrected chi connectivity index (χ0v) is 20.5. The van der Waals surface area contributed by atoms with Crippen LogP contribution in [0.2, 0.25) is 0 Å². The van der Waals surface area contributed by atoms with E-state index in [1.54, 1.807) is 0 Å². The van der Waals surface area contributed by atoms with Crippen LogP contribution in [0.5, 0.6) is 0 Å². The minimum Gasteiger partial charge on any atom is -0.481 e. The highest BCUT2D eigenvalue weighted by atomic mass is 16.5. The van der Waals surface area contributed by atoms with E-state index in [0.29, 0.717) is 6.42 Å². The average molecular weight is 447 g/mol. The van der Waals surface area contributed by atoms with Crippen LogP contribution in [-0.4, -0.2) is 23.1 Å². The number of carboxylic acids is 1. The maximum Gasteiger partial charge on any atom is 0.306 e. The molecule has 182 valence electrons. The number of unbranched alkanes of at least 4 members (excludes halogenated alkanes) is 4. The summed E-state index contributed by atoms with van der Waals surface area (Å²) < 4.78 is 5.68. The fourth-order valence-corrected chi connectivity index (χ4v) is 3.27. The zero-order valence-electron chi connectivity index (χ0n) is 20.5. The van der Waals surface area contributed by atoms with Gasteiger partial charge in [0.1, 0.15) is 6.10 Å². The second-order valence-corrected chi connectivity index (χ2v) is 8.14. The highest BCUT2D eigenvalue weighted by Gasteiger charge is 2.13. The number of hydrogen-bond donors (Lipinski definition) is 1. The van der Waals surface area contributed by atoms with Crippen molar-refractivity contribution in [2.45, 2.75) is 116 Å². The molecular weight excluding hydrogens is 400 g/mol. The molecule has 0 aliphatic carbocycles. The largest absolute Gasteiger partial charge is 0.481 e. The lowest BCUT2D eigenvalue weighted by Crippen LogP contribution is -2.18. The van der Waals surface area contributed by atoms with E-state index >= 15 is 0 Å². The minimum absolute atomic E-state index is 0.0137. The van der Waals surface area contributed by atoms with Crippen molar-refractivity contribution in [3.8, 4) is 0 Å². The zero-order chi connectivity index (χ0) is 23.7. The Morgan fingerprint density at radius 1 is 0.719 bits per heavy atom. The predicted octanol–water partition coefficient (Wildman–Crippen LogP) is 8.10. The van der Waals surface area contributed by atoms with Crippen molar-refractivity contribution in [1.29, 1.82) is 0 Å². The van der Waals surface area contributed by atoms with Crippen LogP contribution in [0.3, 0.4) is 0 Å². The third-order valence-corrected chi connectivity index (χ3v) is 5.04. The standard InChI is InChI=1S/C28H46O4/c1-3-5-6-7-8-9-10-11-12-13-14-16-19-23-26(32-28(31)22-4-2)24-20-17-15-18-21-25-27(29)30/h5-6,8-9,11-12,14,16,26H,3-4,7,10,13,15,17-25H2,1-2H3,(H,29,30)/b6-5-,9-8-,12-11-,16-14-. The van der Waals surface area contributed by atoms with Crippen LogP contribution >= 0.6 is 0 Å². The Balaban J connectivity index is 4.06. The SMILES string of the molecule is CC/C=C\C/C=C\C/C=C\C/C=C\CCC(CCCCCCCC(=O)O)OC(=O)CCC. The molecule has 0 aromatic rings. The van der Waals surface area contributed by atoms with Gasteiger partial charge in [-0.05, 0) is 64.2 Å². The van der Waals surface area contributed by atoms with Gasteiger partial charge in [-0.15, -0.1) is 0 Å². The molecule has 0 aromatic carbocycles. The van der Waals surface area contributed by atoms with Crippen LogP contribution in [0.1, 0.15) is 110 Å². The third kappa shape index (κ3) is 22.6. The lowest BCUT2D eigenvalue weighted by molar-refractivity contribution is -0.149. The molecule has 0 rings (SSSR count). The monoisotopic (exact) mass is 446 g/mol. The van der Waals surface area contributed by atoms with Gasteiger partial charge < -0.3 is 9.84 Å². The summed E-state index contributed by atoms with van der Waals surface area (Å²) in [6.45, 7) is 4.13. The van der Waals surface area contributed by atoms with Crippen molar-refractivity contribution in [3.63, 3.8) is 0 Å². The summed E-state index contributed by atoms with van der Waals surface area (Å²) in [4.78, 5) is 22.4. The molecule has 0 fully saturated rings. The quantitative estimate of drug-likeness (QED) is 0.110. The first kappa shape index (κ1) is 29.9. The van der Waals surface area contributed by atoms with Crippen molar-refractivity contribution in [3.05, 3.63) is 48.6 Å². The number of esters is 1. The number of carbonyl (C=O) groups is 2. The third-order valence-electron chi connectivity index (χ3n) is 5.04. The number of carbonyl (C=O) groups excluding carboxylic acids is 1. The molecule has 0 radical (unpaired) electrons. The van der Waals surface area contributed by atoms with E-state index in [1.165, 1.54) is 0 Å². The fraction of sp³-hybridized carbons (Fsp3) is 0.643. The molecule has 4 heteroatoms. The van der Waals surface area contributed by atoms with Crippen molar-refractivity contribution in [2.24, 2.45) is 0 Å². The Morgan fingerprint density at radius 2 is 1.28 bits per heavy atom. The van der Waals surface area contributed by atoms with E-state index in [2.05, 4.69) is 55.5 Å². The molecule has 0 aliphatic heterocycles. The number of ether oxygens (including phenoxy) is 1. The Labute approximate surface area is 196 Å². The van der Waals surface area contributed by atoms with E-state index in [0.717, 1.165) is 83.5 Å². The number of rotatable bonds is 21. The van der Waals surface area contributed by atoms with Gasteiger partial charge in [0, 0.05) is 12.8 Å².